The first-order valence-electron chi connectivity index (χ1n) is 7.33. The maximum Gasteiger partial charge on any atom is 0.416 e. The number of hydrogen-bond donors (Lipinski definition) is 2. The van der Waals surface area contributed by atoms with E-state index in [9.17, 15) is 13.2 Å². The van der Waals surface area contributed by atoms with Gasteiger partial charge < -0.3 is 14.8 Å². The van der Waals surface area contributed by atoms with Gasteiger partial charge in [0, 0.05) is 17.3 Å². The number of alkyl halides is 3. The molecule has 138 valence electrons. The predicted molar refractivity (Wildman–Crippen MR) is 97.9 cm³/mol. The van der Waals surface area contributed by atoms with Crippen molar-refractivity contribution in [1.82, 2.24) is 5.43 Å². The van der Waals surface area contributed by atoms with Crippen LogP contribution in [0.3, 0.4) is 0 Å². The summed E-state index contributed by atoms with van der Waals surface area (Å²) in [5.41, 5.74) is 2.65. The zero-order chi connectivity index (χ0) is 19.2. The van der Waals surface area contributed by atoms with E-state index in [0.717, 1.165) is 12.1 Å². The maximum absolute atomic E-state index is 12.7. The summed E-state index contributed by atoms with van der Waals surface area (Å²) >= 11 is 5.02. The molecule has 2 aromatic carbocycles. The van der Waals surface area contributed by atoms with Gasteiger partial charge in [-0.1, -0.05) is 6.07 Å². The summed E-state index contributed by atoms with van der Waals surface area (Å²) in [6.45, 7) is 0. The van der Waals surface area contributed by atoms with Crippen LogP contribution in [0.5, 0.6) is 11.5 Å². The monoisotopic (exact) mass is 383 g/mol. The van der Waals surface area contributed by atoms with Gasteiger partial charge in [-0.05, 0) is 42.5 Å². The van der Waals surface area contributed by atoms with Crippen LogP contribution in [-0.4, -0.2) is 25.5 Å². The van der Waals surface area contributed by atoms with Crippen molar-refractivity contribution in [2.45, 2.75) is 6.18 Å². The SMILES string of the molecule is COc1ccc(C=NNC(=S)Nc2cccc(C(F)(F)F)c2)c(OC)c1. The summed E-state index contributed by atoms with van der Waals surface area (Å²) in [6.07, 6.45) is -2.95. The molecule has 0 saturated heterocycles. The fourth-order valence-electron chi connectivity index (χ4n) is 2.02. The van der Waals surface area contributed by atoms with E-state index in [1.165, 1.54) is 25.5 Å². The van der Waals surface area contributed by atoms with Crippen LogP contribution in [0.25, 0.3) is 0 Å². The highest BCUT2D eigenvalue weighted by atomic mass is 32.1. The molecule has 0 saturated carbocycles. The highest BCUT2D eigenvalue weighted by Crippen LogP contribution is 2.30. The van der Waals surface area contributed by atoms with E-state index in [1.807, 2.05) is 0 Å². The van der Waals surface area contributed by atoms with Gasteiger partial charge in [-0.25, -0.2) is 0 Å². The van der Waals surface area contributed by atoms with Gasteiger partial charge in [0.05, 0.1) is 26.0 Å². The molecule has 2 rings (SSSR count). The molecule has 0 fully saturated rings. The largest absolute Gasteiger partial charge is 0.497 e. The van der Waals surface area contributed by atoms with E-state index >= 15 is 0 Å². The molecule has 2 N–H and O–H groups in total. The van der Waals surface area contributed by atoms with Crippen molar-refractivity contribution in [3.05, 3.63) is 53.6 Å². The summed E-state index contributed by atoms with van der Waals surface area (Å²) in [5, 5.41) is 6.64. The van der Waals surface area contributed by atoms with E-state index in [1.54, 1.807) is 25.3 Å². The van der Waals surface area contributed by atoms with E-state index < -0.39 is 11.7 Å². The first kappa shape index (κ1) is 19.5. The number of ether oxygens (including phenoxy) is 2. The third-order valence-electron chi connectivity index (χ3n) is 3.26. The van der Waals surface area contributed by atoms with Crippen LogP contribution in [0.4, 0.5) is 18.9 Å². The molecule has 0 aliphatic rings. The second-order valence-corrected chi connectivity index (χ2v) is 5.42. The molecule has 0 amide bonds. The van der Waals surface area contributed by atoms with Crippen LogP contribution >= 0.6 is 12.2 Å². The number of halogens is 3. The third-order valence-corrected chi connectivity index (χ3v) is 3.45. The molecule has 0 unspecified atom stereocenters. The smallest absolute Gasteiger partial charge is 0.416 e. The molecule has 0 aromatic heterocycles. The van der Waals surface area contributed by atoms with Crippen molar-refractivity contribution < 1.29 is 22.6 Å². The Morgan fingerprint density at radius 2 is 1.88 bits per heavy atom. The Morgan fingerprint density at radius 3 is 2.54 bits per heavy atom. The van der Waals surface area contributed by atoms with Crippen LogP contribution in [0.1, 0.15) is 11.1 Å². The maximum atomic E-state index is 12.7. The zero-order valence-corrected chi connectivity index (χ0v) is 14.7. The topological polar surface area (TPSA) is 54.9 Å². The Kier molecular flexibility index (Phi) is 6.40. The third kappa shape index (κ3) is 5.35. The first-order chi connectivity index (χ1) is 12.3. The molecule has 5 nitrogen and oxygen atoms in total. The lowest BCUT2D eigenvalue weighted by Gasteiger charge is -2.11. The van der Waals surface area contributed by atoms with Crippen molar-refractivity contribution in [2.75, 3.05) is 19.5 Å². The normalized spacial score (nSPS) is 11.3. The van der Waals surface area contributed by atoms with Crippen molar-refractivity contribution in [3.8, 4) is 11.5 Å². The Bertz CT molecular complexity index is 810. The number of benzene rings is 2. The molecule has 9 heteroatoms. The first-order valence-corrected chi connectivity index (χ1v) is 7.73. The Labute approximate surface area is 153 Å². The highest BCUT2D eigenvalue weighted by Gasteiger charge is 2.30. The molecule has 0 aliphatic carbocycles. The quantitative estimate of drug-likeness (QED) is 0.464. The number of anilines is 1. The fourth-order valence-corrected chi connectivity index (χ4v) is 2.19. The van der Waals surface area contributed by atoms with Crippen molar-refractivity contribution in [3.63, 3.8) is 0 Å². The summed E-state index contributed by atoms with van der Waals surface area (Å²) in [4.78, 5) is 0. The second-order valence-electron chi connectivity index (χ2n) is 5.01. The highest BCUT2D eigenvalue weighted by molar-refractivity contribution is 7.80. The number of nitrogens with zero attached hydrogens (tertiary/aromatic N) is 1. The van der Waals surface area contributed by atoms with Gasteiger partial charge in [0.15, 0.2) is 5.11 Å². The molecule has 0 aliphatic heterocycles. The van der Waals surface area contributed by atoms with Gasteiger partial charge >= 0.3 is 6.18 Å². The van der Waals surface area contributed by atoms with Gasteiger partial charge in [0.25, 0.3) is 0 Å². The minimum atomic E-state index is -4.42. The number of hydrazone groups is 1. The minimum absolute atomic E-state index is 0.0491. The lowest BCUT2D eigenvalue weighted by atomic mass is 10.2. The van der Waals surface area contributed by atoms with Crippen LogP contribution in [-0.2, 0) is 6.18 Å². The van der Waals surface area contributed by atoms with E-state index in [-0.39, 0.29) is 10.8 Å². The molecule has 0 radical (unpaired) electrons. The number of nitrogens with one attached hydrogen (secondary N) is 2. The number of methoxy groups -OCH3 is 2. The number of hydrogen-bond acceptors (Lipinski definition) is 4. The molecule has 0 atom stereocenters. The average molecular weight is 383 g/mol. The fraction of sp³-hybridized carbons (Fsp3) is 0.176. The Hall–Kier alpha value is -2.81. The summed E-state index contributed by atoms with van der Waals surface area (Å²) in [5.74, 6) is 1.18. The van der Waals surface area contributed by atoms with Crippen molar-refractivity contribution >= 4 is 29.2 Å². The van der Waals surface area contributed by atoms with Crippen molar-refractivity contribution in [1.29, 1.82) is 0 Å². The predicted octanol–water partition coefficient (Wildman–Crippen LogP) is 4.04. The molecule has 26 heavy (non-hydrogen) atoms. The Morgan fingerprint density at radius 1 is 1.12 bits per heavy atom. The molecular formula is C17H16F3N3O2S. The molecule has 0 heterocycles. The van der Waals surface area contributed by atoms with E-state index in [2.05, 4.69) is 15.8 Å². The van der Waals surface area contributed by atoms with Crippen LogP contribution < -0.4 is 20.2 Å². The number of thiocarbonyl (C=S) groups is 1. The average Bonchev–Trinajstić information content (AvgIpc) is 2.61. The summed E-state index contributed by atoms with van der Waals surface area (Å²) < 4.78 is 48.4. The van der Waals surface area contributed by atoms with Gasteiger partial charge in [0.1, 0.15) is 11.5 Å². The summed E-state index contributed by atoms with van der Waals surface area (Å²) in [7, 11) is 3.06. The summed E-state index contributed by atoms with van der Waals surface area (Å²) in [6, 6.07) is 9.88. The zero-order valence-electron chi connectivity index (χ0n) is 13.9. The molecule has 0 bridgehead atoms. The molecule has 2 aromatic rings. The lowest BCUT2D eigenvalue weighted by molar-refractivity contribution is -0.137. The van der Waals surface area contributed by atoms with Crippen molar-refractivity contribution in [2.24, 2.45) is 5.10 Å². The standard InChI is InChI=1S/C17H16F3N3O2S/c1-24-14-7-6-11(15(9-14)25-2)10-21-23-16(26)22-13-5-3-4-12(8-13)17(18,19)20/h3-10H,1-2H3,(H2,22,23,26). The van der Waals surface area contributed by atoms with Gasteiger partial charge in [0.2, 0.25) is 0 Å². The van der Waals surface area contributed by atoms with E-state index in [0.29, 0.717) is 17.1 Å². The molecule has 0 spiro atoms. The van der Waals surface area contributed by atoms with Crippen LogP contribution in [0, 0.1) is 0 Å². The lowest BCUT2D eigenvalue weighted by Crippen LogP contribution is -2.24. The minimum Gasteiger partial charge on any atom is -0.497 e. The second kappa shape index (κ2) is 8.52. The number of rotatable bonds is 5. The molecular weight excluding hydrogens is 367 g/mol. The van der Waals surface area contributed by atoms with E-state index in [4.69, 9.17) is 21.7 Å². The Balaban J connectivity index is 2.00. The van der Waals surface area contributed by atoms with Gasteiger partial charge in [-0.3, -0.25) is 5.43 Å². The van der Waals surface area contributed by atoms with Crippen LogP contribution in [0.15, 0.2) is 47.6 Å². The van der Waals surface area contributed by atoms with Gasteiger partial charge in [-0.15, -0.1) is 0 Å². The van der Waals surface area contributed by atoms with Crippen LogP contribution in [0.2, 0.25) is 0 Å². The van der Waals surface area contributed by atoms with Gasteiger partial charge in [-0.2, -0.15) is 18.3 Å².